The second kappa shape index (κ2) is 14.3. The first-order valence-corrected chi connectivity index (χ1v) is 22.9. The Kier molecular flexibility index (Phi) is 10.3. The van der Waals surface area contributed by atoms with Gasteiger partial charge in [0.15, 0.2) is 0 Å². The number of rotatable bonds is 4. The van der Waals surface area contributed by atoms with Crippen molar-refractivity contribution in [2.75, 3.05) is 0 Å². The van der Waals surface area contributed by atoms with Gasteiger partial charge in [-0.15, -0.1) is 0 Å². The van der Waals surface area contributed by atoms with Crippen molar-refractivity contribution < 1.29 is 26.4 Å². The average molecular weight is 750 g/mol. The van der Waals surface area contributed by atoms with E-state index in [9.17, 15) is 5.11 Å². The zero-order valence-electron chi connectivity index (χ0n) is 32.3. The van der Waals surface area contributed by atoms with Crippen molar-refractivity contribution in [3.63, 3.8) is 0 Å². The van der Waals surface area contributed by atoms with Crippen LogP contribution in [0.15, 0.2) is 114 Å². The molecule has 2 atom stereocenters. The molecule has 5 aromatic rings. The van der Waals surface area contributed by atoms with E-state index in [4.69, 9.17) is 4.21 Å². The van der Waals surface area contributed by atoms with Gasteiger partial charge in [-0.2, -0.15) is 0 Å². The van der Waals surface area contributed by atoms with Gasteiger partial charge in [0.2, 0.25) is 0 Å². The quantitative estimate of drug-likeness (QED) is 0.194. The molecule has 0 saturated heterocycles. The first-order chi connectivity index (χ1) is 24.1. The number of phenolic OH excluding ortho intramolecular Hbond substituents is 1. The van der Waals surface area contributed by atoms with Crippen molar-refractivity contribution in [1.82, 2.24) is 0 Å². The molecular weight excluding hydrogens is 696 g/mol. The number of aromatic hydroxyl groups is 1. The van der Waals surface area contributed by atoms with E-state index < -0.39 is 21.3 Å². The van der Waals surface area contributed by atoms with Gasteiger partial charge in [0.05, 0.1) is 0 Å². The Bertz CT molecular complexity index is 2010. The van der Waals surface area contributed by atoms with Crippen LogP contribution in [0.5, 0.6) is 5.75 Å². The van der Waals surface area contributed by atoms with E-state index in [0.717, 1.165) is 11.1 Å². The zero-order valence-corrected chi connectivity index (χ0v) is 34.7. The Balaban J connectivity index is 0.000000435. The second-order valence-corrected chi connectivity index (χ2v) is 22.4. The third-order valence-corrected chi connectivity index (χ3v) is 18.3. The Labute approximate surface area is 315 Å². The Morgan fingerprint density at radius 2 is 0.863 bits per heavy atom. The van der Waals surface area contributed by atoms with Crippen LogP contribution < -0.4 is 0 Å². The fourth-order valence-corrected chi connectivity index (χ4v) is 15.2. The van der Waals surface area contributed by atoms with Crippen LogP contribution in [0.2, 0.25) is 0 Å². The average Bonchev–Trinajstić information content (AvgIpc) is 3.61. The van der Waals surface area contributed by atoms with Gasteiger partial charge < -0.3 is 5.11 Å². The van der Waals surface area contributed by atoms with E-state index in [2.05, 4.69) is 152 Å². The second-order valence-electron chi connectivity index (χ2n) is 16.7. The summed E-state index contributed by atoms with van der Waals surface area (Å²) in [5, 5.41) is 9.21. The zero-order chi connectivity index (χ0) is 36.8. The number of benzene rings is 5. The van der Waals surface area contributed by atoms with E-state index in [1.54, 1.807) is 0 Å². The molecule has 0 spiro atoms. The molecule has 0 aliphatic heterocycles. The number of aryl methyl sites for hydroxylation is 2. The van der Waals surface area contributed by atoms with Gasteiger partial charge in [-0.05, 0) is 25.0 Å². The summed E-state index contributed by atoms with van der Waals surface area (Å²) in [6.07, 6.45) is 4.95. The SMILES string of the molecule is Cc1cccc(C)c1O.[CH2]=[Zr]([CH]1C(C)=Cc2c(-c3ccc(C(C)(C)C)cc3)cccc21)[CH]1C(C)=Cc2c(-c3ccc(C(C)(C)C)cc3)cccc21. The third kappa shape index (κ3) is 7.41. The summed E-state index contributed by atoms with van der Waals surface area (Å²) in [4.78, 5) is 0. The van der Waals surface area contributed by atoms with Crippen molar-refractivity contribution in [2.45, 2.75) is 87.3 Å². The minimum atomic E-state index is -2.31. The number of allylic oxidation sites excluding steroid dienone is 2. The molecule has 51 heavy (non-hydrogen) atoms. The molecule has 0 aromatic heterocycles. The van der Waals surface area contributed by atoms with Gasteiger partial charge in [-0.3, -0.25) is 0 Å². The molecule has 2 unspecified atom stereocenters. The van der Waals surface area contributed by atoms with Crippen LogP contribution in [0.25, 0.3) is 34.4 Å². The van der Waals surface area contributed by atoms with Crippen LogP contribution in [0.4, 0.5) is 0 Å². The molecule has 260 valence electrons. The number of phenols is 1. The Morgan fingerprint density at radius 1 is 0.510 bits per heavy atom. The van der Waals surface area contributed by atoms with Crippen LogP contribution in [0.1, 0.15) is 107 Å². The summed E-state index contributed by atoms with van der Waals surface area (Å²) in [7, 11) is 0. The number of fused-ring (bicyclic) bond motifs is 2. The summed E-state index contributed by atoms with van der Waals surface area (Å²) in [6.45, 7) is 22.2. The molecule has 0 amide bonds. The summed E-state index contributed by atoms with van der Waals surface area (Å²) in [5.41, 5.74) is 19.1. The van der Waals surface area contributed by atoms with E-state index in [1.165, 1.54) is 66.8 Å². The van der Waals surface area contributed by atoms with Gasteiger partial charge in [-0.25, -0.2) is 0 Å². The minimum absolute atomic E-state index is 0.159. The van der Waals surface area contributed by atoms with Crippen molar-refractivity contribution in [2.24, 2.45) is 0 Å². The molecule has 1 nitrogen and oxygen atoms in total. The van der Waals surface area contributed by atoms with Crippen LogP contribution in [-0.4, -0.2) is 9.32 Å². The number of hydrogen-bond acceptors (Lipinski definition) is 1. The molecule has 0 bridgehead atoms. The van der Waals surface area contributed by atoms with E-state index in [1.807, 2.05) is 32.0 Å². The van der Waals surface area contributed by atoms with Gasteiger partial charge in [-0.1, -0.05) is 18.2 Å². The molecule has 7 rings (SSSR count). The number of para-hydroxylation sites is 1. The number of hydrogen-bond donors (Lipinski definition) is 1. The predicted molar refractivity (Wildman–Crippen MR) is 219 cm³/mol. The standard InChI is InChI=1S/2C20H21.C8H10O.CH2.Zr/c2*1-14-12-16-6-5-7-18(19(16)13-14)15-8-10-17(11-9-15)20(2,3)4;1-6-4-3-5-7(2)8(6)9;;/h2*5-13H,1-4H3;3-5,9H,1-2H3;1H2;. The molecule has 0 fully saturated rings. The van der Waals surface area contributed by atoms with Crippen LogP contribution >= 0.6 is 0 Å². The van der Waals surface area contributed by atoms with Crippen LogP contribution in [-0.2, 0) is 32.1 Å². The molecule has 2 aliphatic carbocycles. The summed E-state index contributed by atoms with van der Waals surface area (Å²) < 4.78 is 6.08. The van der Waals surface area contributed by atoms with Gasteiger partial charge in [0, 0.05) is 0 Å². The first-order valence-electron chi connectivity index (χ1n) is 18.3. The topological polar surface area (TPSA) is 20.2 Å². The summed E-state index contributed by atoms with van der Waals surface area (Å²) in [5.74, 6) is 0.414. The Hall–Kier alpha value is -3.87. The molecule has 1 N–H and O–H groups in total. The normalized spacial score (nSPS) is 16.4. The van der Waals surface area contributed by atoms with E-state index in [-0.39, 0.29) is 10.8 Å². The maximum atomic E-state index is 9.21. The molecule has 2 heteroatoms. The molecule has 0 saturated carbocycles. The van der Waals surface area contributed by atoms with Crippen LogP contribution in [0, 0.1) is 13.8 Å². The fraction of sp³-hybridized carbons (Fsp3) is 0.286. The van der Waals surface area contributed by atoms with E-state index in [0.29, 0.717) is 13.0 Å². The molecule has 0 radical (unpaired) electrons. The molecule has 2 aliphatic rings. The van der Waals surface area contributed by atoms with Crippen molar-refractivity contribution >= 4 is 16.4 Å². The van der Waals surface area contributed by atoms with Gasteiger partial charge >= 0.3 is 263 Å². The summed E-state index contributed by atoms with van der Waals surface area (Å²) in [6, 6.07) is 38.1. The van der Waals surface area contributed by atoms with Gasteiger partial charge in [0.1, 0.15) is 5.75 Å². The van der Waals surface area contributed by atoms with Crippen molar-refractivity contribution in [1.29, 1.82) is 0 Å². The van der Waals surface area contributed by atoms with Crippen molar-refractivity contribution in [3.05, 3.63) is 159 Å². The fourth-order valence-electron chi connectivity index (χ4n) is 7.86. The molecular formula is C49H54OZr. The van der Waals surface area contributed by atoms with Crippen LogP contribution in [0.3, 0.4) is 0 Å². The van der Waals surface area contributed by atoms with Crippen molar-refractivity contribution in [3.8, 4) is 28.0 Å². The Morgan fingerprint density at radius 3 is 1.20 bits per heavy atom. The predicted octanol–water partition coefficient (Wildman–Crippen LogP) is 13.3. The maximum absolute atomic E-state index is 9.21. The third-order valence-electron chi connectivity index (χ3n) is 10.9. The molecule has 5 aromatic carbocycles. The first kappa shape index (κ1) is 36.9. The van der Waals surface area contributed by atoms with E-state index >= 15 is 0 Å². The summed E-state index contributed by atoms with van der Waals surface area (Å²) >= 11 is -2.31. The molecule has 0 heterocycles. The monoisotopic (exact) mass is 748 g/mol. The van der Waals surface area contributed by atoms with Gasteiger partial charge in [0.25, 0.3) is 0 Å².